The number of hydrogen-bond donors (Lipinski definition) is 1. The van der Waals surface area contributed by atoms with Gasteiger partial charge in [-0.25, -0.2) is 0 Å². The Morgan fingerprint density at radius 2 is 1.88 bits per heavy atom. The first-order chi connectivity index (χ1) is 7.45. The lowest BCUT2D eigenvalue weighted by Crippen LogP contribution is -2.38. The zero-order valence-electron chi connectivity index (χ0n) is 11.3. The minimum atomic E-state index is 0.271. The molecule has 1 spiro atoms. The number of ether oxygens (including phenoxy) is 1. The Balaban J connectivity index is 1.74. The number of rotatable bonds is 3. The maximum atomic E-state index is 5.45. The van der Waals surface area contributed by atoms with E-state index in [9.17, 15) is 0 Å². The molecule has 1 atom stereocenters. The van der Waals surface area contributed by atoms with Gasteiger partial charge in [-0.15, -0.1) is 0 Å². The smallest absolute Gasteiger partial charge is 0.0571 e. The van der Waals surface area contributed by atoms with Crippen LogP contribution in [-0.2, 0) is 4.74 Å². The summed E-state index contributed by atoms with van der Waals surface area (Å²) >= 11 is 0. The normalized spacial score (nSPS) is 39.0. The lowest BCUT2D eigenvalue weighted by atomic mass is 9.83. The van der Waals surface area contributed by atoms with Crippen LogP contribution in [0.3, 0.4) is 0 Å². The number of hydrogen-bond acceptors (Lipinski definition) is 2. The summed E-state index contributed by atoms with van der Waals surface area (Å²) in [6.45, 7) is 7.97. The van der Waals surface area contributed by atoms with Gasteiger partial charge in [0.25, 0.3) is 0 Å². The Morgan fingerprint density at radius 3 is 2.38 bits per heavy atom. The minimum Gasteiger partial charge on any atom is -0.381 e. The molecule has 2 fully saturated rings. The SMILES string of the molecule is COC1CCC2(CC1)CC2CNC(C)(C)C. The van der Waals surface area contributed by atoms with Gasteiger partial charge in [-0.05, 0) is 70.8 Å². The molecule has 0 amide bonds. The van der Waals surface area contributed by atoms with Crippen molar-refractivity contribution in [3.8, 4) is 0 Å². The molecular weight excluding hydrogens is 198 g/mol. The van der Waals surface area contributed by atoms with Crippen LogP contribution in [0.4, 0.5) is 0 Å². The van der Waals surface area contributed by atoms with Crippen LogP contribution in [-0.4, -0.2) is 25.3 Å². The van der Waals surface area contributed by atoms with Crippen LogP contribution in [0.5, 0.6) is 0 Å². The summed E-state index contributed by atoms with van der Waals surface area (Å²) in [7, 11) is 1.86. The van der Waals surface area contributed by atoms with E-state index in [4.69, 9.17) is 4.74 Å². The van der Waals surface area contributed by atoms with E-state index in [0.717, 1.165) is 5.92 Å². The van der Waals surface area contributed by atoms with Crippen molar-refractivity contribution in [1.29, 1.82) is 0 Å². The molecule has 2 nitrogen and oxygen atoms in total. The average Bonchev–Trinajstić information content (AvgIpc) is 2.89. The summed E-state index contributed by atoms with van der Waals surface area (Å²) in [6.07, 6.45) is 7.34. The second-order valence-electron chi connectivity index (χ2n) is 6.83. The first-order valence-corrected chi connectivity index (χ1v) is 6.73. The summed E-state index contributed by atoms with van der Waals surface area (Å²) in [4.78, 5) is 0. The van der Waals surface area contributed by atoms with Crippen molar-refractivity contribution in [2.75, 3.05) is 13.7 Å². The molecule has 94 valence electrons. The standard InChI is InChI=1S/C14H27NO/c1-13(2,3)15-10-11-9-14(11)7-5-12(16-4)6-8-14/h11-12,15H,5-10H2,1-4H3. The van der Waals surface area contributed by atoms with Crippen LogP contribution in [0.25, 0.3) is 0 Å². The third kappa shape index (κ3) is 2.78. The molecule has 1 N–H and O–H groups in total. The first kappa shape index (κ1) is 12.4. The molecule has 2 aliphatic rings. The van der Waals surface area contributed by atoms with Gasteiger partial charge in [-0.3, -0.25) is 0 Å². The fraction of sp³-hybridized carbons (Fsp3) is 1.00. The molecule has 1 unspecified atom stereocenters. The molecule has 2 heteroatoms. The van der Waals surface area contributed by atoms with E-state index < -0.39 is 0 Å². The molecule has 0 aromatic carbocycles. The Morgan fingerprint density at radius 1 is 1.25 bits per heavy atom. The van der Waals surface area contributed by atoms with Gasteiger partial charge in [0.15, 0.2) is 0 Å². The van der Waals surface area contributed by atoms with Crippen molar-refractivity contribution in [2.24, 2.45) is 11.3 Å². The molecular formula is C14H27NO. The quantitative estimate of drug-likeness (QED) is 0.797. The molecule has 0 bridgehead atoms. The first-order valence-electron chi connectivity index (χ1n) is 6.73. The van der Waals surface area contributed by atoms with Gasteiger partial charge in [-0.1, -0.05) is 0 Å². The fourth-order valence-electron chi connectivity index (χ4n) is 3.16. The van der Waals surface area contributed by atoms with Gasteiger partial charge in [-0.2, -0.15) is 0 Å². The molecule has 0 aliphatic heterocycles. The summed E-state index contributed by atoms with van der Waals surface area (Å²) in [5.74, 6) is 0.935. The van der Waals surface area contributed by atoms with E-state index in [0.29, 0.717) is 11.5 Å². The molecule has 16 heavy (non-hydrogen) atoms. The van der Waals surface area contributed by atoms with Crippen LogP contribution >= 0.6 is 0 Å². The number of nitrogens with one attached hydrogen (secondary N) is 1. The van der Waals surface area contributed by atoms with Crippen LogP contribution < -0.4 is 5.32 Å². The Hall–Kier alpha value is -0.0800. The highest BCUT2D eigenvalue weighted by Gasteiger charge is 2.54. The van der Waals surface area contributed by atoms with E-state index in [1.54, 1.807) is 0 Å². The molecule has 0 aromatic heterocycles. The maximum absolute atomic E-state index is 5.45. The molecule has 0 heterocycles. The van der Waals surface area contributed by atoms with E-state index in [-0.39, 0.29) is 5.54 Å². The molecule has 0 saturated heterocycles. The molecule has 0 radical (unpaired) electrons. The predicted molar refractivity (Wildman–Crippen MR) is 67.6 cm³/mol. The van der Waals surface area contributed by atoms with E-state index in [1.165, 1.54) is 38.6 Å². The van der Waals surface area contributed by atoms with Gasteiger partial charge in [0.05, 0.1) is 6.10 Å². The summed E-state index contributed by atoms with van der Waals surface area (Å²) in [6, 6.07) is 0. The Labute approximate surface area is 100 Å². The highest BCUT2D eigenvalue weighted by atomic mass is 16.5. The lowest BCUT2D eigenvalue weighted by Gasteiger charge is -2.29. The van der Waals surface area contributed by atoms with Crippen molar-refractivity contribution in [3.63, 3.8) is 0 Å². The van der Waals surface area contributed by atoms with Crippen LogP contribution in [0, 0.1) is 11.3 Å². The fourth-order valence-corrected chi connectivity index (χ4v) is 3.16. The highest BCUT2D eigenvalue weighted by Crippen LogP contribution is 2.61. The second-order valence-corrected chi connectivity index (χ2v) is 6.83. The van der Waals surface area contributed by atoms with E-state index in [2.05, 4.69) is 26.1 Å². The highest BCUT2D eigenvalue weighted by molar-refractivity contribution is 5.05. The monoisotopic (exact) mass is 225 g/mol. The zero-order chi connectivity index (χ0) is 11.8. The largest absolute Gasteiger partial charge is 0.381 e. The van der Waals surface area contributed by atoms with Gasteiger partial charge in [0, 0.05) is 12.6 Å². The van der Waals surface area contributed by atoms with Gasteiger partial charge >= 0.3 is 0 Å². The topological polar surface area (TPSA) is 21.3 Å². The predicted octanol–water partition coefficient (Wildman–Crippen LogP) is 2.97. The van der Waals surface area contributed by atoms with Gasteiger partial charge in [0.2, 0.25) is 0 Å². The van der Waals surface area contributed by atoms with E-state index in [1.807, 2.05) is 7.11 Å². The van der Waals surface area contributed by atoms with Crippen molar-refractivity contribution >= 4 is 0 Å². The second kappa shape index (κ2) is 4.30. The summed E-state index contributed by atoms with van der Waals surface area (Å²) in [5, 5.41) is 3.65. The minimum absolute atomic E-state index is 0.271. The van der Waals surface area contributed by atoms with Gasteiger partial charge in [0.1, 0.15) is 0 Å². The number of methoxy groups -OCH3 is 1. The average molecular weight is 225 g/mol. The van der Waals surface area contributed by atoms with Crippen molar-refractivity contribution in [3.05, 3.63) is 0 Å². The third-order valence-electron chi connectivity index (χ3n) is 4.50. The summed E-state index contributed by atoms with van der Waals surface area (Å²) in [5.41, 5.74) is 0.973. The van der Waals surface area contributed by atoms with Crippen LogP contribution in [0.2, 0.25) is 0 Å². The Kier molecular flexibility index (Phi) is 3.33. The maximum Gasteiger partial charge on any atom is 0.0571 e. The zero-order valence-corrected chi connectivity index (χ0v) is 11.3. The van der Waals surface area contributed by atoms with Gasteiger partial charge < -0.3 is 10.1 Å². The molecule has 2 rings (SSSR count). The summed E-state index contributed by atoms with van der Waals surface area (Å²) < 4.78 is 5.45. The molecule has 0 aromatic rings. The van der Waals surface area contributed by atoms with Crippen LogP contribution in [0.15, 0.2) is 0 Å². The Bertz CT molecular complexity index is 236. The van der Waals surface area contributed by atoms with E-state index >= 15 is 0 Å². The van der Waals surface area contributed by atoms with Crippen molar-refractivity contribution < 1.29 is 4.74 Å². The molecule has 2 saturated carbocycles. The lowest BCUT2D eigenvalue weighted by molar-refractivity contribution is 0.0490. The van der Waals surface area contributed by atoms with Crippen LogP contribution in [0.1, 0.15) is 52.9 Å². The van der Waals surface area contributed by atoms with Crippen molar-refractivity contribution in [1.82, 2.24) is 5.32 Å². The third-order valence-corrected chi connectivity index (χ3v) is 4.50. The van der Waals surface area contributed by atoms with Crippen molar-refractivity contribution in [2.45, 2.75) is 64.5 Å². The molecule has 2 aliphatic carbocycles.